The molecule has 378 valence electrons. The van der Waals surface area contributed by atoms with Gasteiger partial charge < -0.3 is 30.7 Å². The van der Waals surface area contributed by atoms with Gasteiger partial charge in [0.15, 0.2) is 0 Å². The standard InChI is InChI=1S/C57H67F2N9O4/c1-36-9-13-42(62-50-33-60-35-57(50,58)59)31-48(36)53(70)61-37(2)44-15-12-40(45-7-5-6-8-46(44)45)11-10-38-18-25-66(26-19-38)34-39-20-27-68(28-21-39)54(71)41-22-29-67(30-23-41)43-14-16-47-49(32-43)65(4)64-52(47)56(3)24-17-51(69)63-55(56)72/h5-9,12-16,31-32,37-39,41,50,60,62H,17-30,33-35H2,1-4H3,(H,61,70)(H,63,69,72)/t37-,50+,56-/m1/s1. The van der Waals surface area contributed by atoms with E-state index in [9.17, 15) is 28.0 Å². The maximum atomic E-state index is 14.3. The van der Waals surface area contributed by atoms with Gasteiger partial charge >= 0.3 is 0 Å². The Kier molecular flexibility index (Phi) is 13.9. The summed E-state index contributed by atoms with van der Waals surface area (Å²) in [6.07, 6.45) is 6.49. The van der Waals surface area contributed by atoms with Gasteiger partial charge in [-0.25, -0.2) is 8.78 Å². The smallest absolute Gasteiger partial charge is 0.281 e. The van der Waals surface area contributed by atoms with Crippen molar-refractivity contribution in [3.8, 4) is 11.8 Å². The summed E-state index contributed by atoms with van der Waals surface area (Å²) in [4.78, 5) is 59.3. The van der Waals surface area contributed by atoms with Crippen LogP contribution in [0.4, 0.5) is 20.2 Å². The lowest BCUT2D eigenvalue weighted by Gasteiger charge is -2.39. The summed E-state index contributed by atoms with van der Waals surface area (Å²) in [5.74, 6) is 4.71. The molecule has 72 heavy (non-hydrogen) atoms. The first-order valence-corrected chi connectivity index (χ1v) is 26.0. The number of imide groups is 1. The summed E-state index contributed by atoms with van der Waals surface area (Å²) in [7, 11) is 1.90. The van der Waals surface area contributed by atoms with Crippen LogP contribution in [0.1, 0.15) is 104 Å². The number of aryl methyl sites for hydroxylation is 2. The third-order valence-corrected chi connectivity index (χ3v) is 16.4. The van der Waals surface area contributed by atoms with Gasteiger partial charge in [-0.2, -0.15) is 5.10 Å². The number of fused-ring (bicyclic) bond motifs is 2. The Bertz CT molecular complexity index is 2960. The second-order valence-electron chi connectivity index (χ2n) is 21.3. The molecule has 5 aliphatic heterocycles. The molecule has 5 aromatic rings. The zero-order valence-electron chi connectivity index (χ0n) is 42.0. The van der Waals surface area contributed by atoms with Crippen molar-refractivity contribution in [2.45, 2.75) is 95.6 Å². The number of hydrogen-bond acceptors (Lipinski definition) is 9. The quantitative estimate of drug-likeness (QED) is 0.0829. The minimum Gasteiger partial charge on any atom is -0.375 e. The Balaban J connectivity index is 0.676. The number of hydrogen-bond donors (Lipinski definition) is 4. The van der Waals surface area contributed by atoms with Gasteiger partial charge in [-0.1, -0.05) is 48.2 Å². The number of carbonyl (C=O) groups is 4. The molecule has 13 nitrogen and oxygen atoms in total. The fourth-order valence-electron chi connectivity index (χ4n) is 11.8. The highest BCUT2D eigenvalue weighted by Crippen LogP contribution is 2.38. The van der Waals surface area contributed by atoms with Crippen LogP contribution in [-0.2, 0) is 26.8 Å². The van der Waals surface area contributed by atoms with Crippen LogP contribution in [-0.4, -0.2) is 114 Å². The largest absolute Gasteiger partial charge is 0.375 e. The zero-order valence-corrected chi connectivity index (χ0v) is 42.0. The molecule has 1 aromatic heterocycles. The van der Waals surface area contributed by atoms with Gasteiger partial charge in [-0.15, -0.1) is 0 Å². The Morgan fingerprint density at radius 2 is 1.64 bits per heavy atom. The second-order valence-corrected chi connectivity index (χ2v) is 21.3. The molecule has 0 radical (unpaired) electrons. The molecule has 4 N–H and O–H groups in total. The first-order chi connectivity index (χ1) is 34.6. The average molecular weight is 980 g/mol. The number of nitrogens with one attached hydrogen (secondary N) is 4. The molecule has 0 bridgehead atoms. The number of aromatic nitrogens is 2. The summed E-state index contributed by atoms with van der Waals surface area (Å²) in [5.41, 5.74) is 5.51. The van der Waals surface area contributed by atoms with Crippen LogP contribution in [0.2, 0.25) is 0 Å². The van der Waals surface area contributed by atoms with Gasteiger partial charge in [0.25, 0.3) is 11.8 Å². The van der Waals surface area contributed by atoms with Gasteiger partial charge in [0.1, 0.15) is 6.04 Å². The molecule has 10 rings (SSSR count). The maximum absolute atomic E-state index is 14.3. The lowest BCUT2D eigenvalue weighted by atomic mass is 9.77. The number of anilines is 2. The van der Waals surface area contributed by atoms with E-state index in [1.54, 1.807) is 18.2 Å². The Labute approximate surface area is 420 Å². The first kappa shape index (κ1) is 49.2. The number of rotatable bonds is 10. The number of amides is 4. The van der Waals surface area contributed by atoms with E-state index >= 15 is 0 Å². The molecular formula is C57H67F2N9O4. The van der Waals surface area contributed by atoms with E-state index in [2.05, 4.69) is 84.2 Å². The molecule has 0 saturated carbocycles. The normalized spacial score (nSPS) is 22.9. The highest BCUT2D eigenvalue weighted by molar-refractivity contribution is 6.05. The number of carbonyl (C=O) groups excluding carboxylic acids is 4. The predicted molar refractivity (Wildman–Crippen MR) is 277 cm³/mol. The number of likely N-dealkylation sites (tertiary alicyclic amines) is 2. The van der Waals surface area contributed by atoms with Gasteiger partial charge in [0, 0.05) is 92.5 Å². The van der Waals surface area contributed by atoms with Gasteiger partial charge in [0.2, 0.25) is 17.7 Å². The van der Waals surface area contributed by atoms with Crippen LogP contribution in [0.25, 0.3) is 21.7 Å². The lowest BCUT2D eigenvalue weighted by Crippen LogP contribution is -2.50. The van der Waals surface area contributed by atoms with E-state index in [-0.39, 0.29) is 42.8 Å². The summed E-state index contributed by atoms with van der Waals surface area (Å²) < 4.78 is 30.4. The highest BCUT2D eigenvalue weighted by atomic mass is 19.3. The van der Waals surface area contributed by atoms with Crippen LogP contribution in [0.3, 0.4) is 0 Å². The number of halogens is 2. The van der Waals surface area contributed by atoms with Crippen molar-refractivity contribution < 1.29 is 28.0 Å². The SMILES string of the molecule is Cc1ccc(N[C@H]2CNCC2(F)F)cc1C(=O)N[C@H](C)c1ccc(C#CC2CCN(CC3CCN(C(=O)C4CCN(c5ccc6c([C@@]7(C)CCC(=O)NC7=O)nn(C)c6c5)CC4)CC3)CC2)c2ccccc12. The average Bonchev–Trinajstić information content (AvgIpc) is 3.91. The van der Waals surface area contributed by atoms with E-state index in [0.717, 1.165) is 128 Å². The predicted octanol–water partition coefficient (Wildman–Crippen LogP) is 7.46. The van der Waals surface area contributed by atoms with E-state index in [1.807, 2.05) is 50.7 Å². The van der Waals surface area contributed by atoms with E-state index in [1.165, 1.54) is 0 Å². The maximum Gasteiger partial charge on any atom is 0.281 e. The Morgan fingerprint density at radius 3 is 2.36 bits per heavy atom. The third-order valence-electron chi connectivity index (χ3n) is 16.4. The molecule has 5 aliphatic rings. The molecule has 5 fully saturated rings. The number of benzene rings is 4. The fraction of sp³-hybridized carbons (Fsp3) is 0.491. The Hall–Kier alpha value is -6.37. The van der Waals surface area contributed by atoms with Gasteiger partial charge in [-0.05, 0) is 143 Å². The zero-order chi connectivity index (χ0) is 50.3. The molecule has 4 amide bonds. The third kappa shape index (κ3) is 10.0. The van der Waals surface area contributed by atoms with Crippen LogP contribution < -0.4 is 26.2 Å². The van der Waals surface area contributed by atoms with Crippen LogP contribution >= 0.6 is 0 Å². The van der Waals surface area contributed by atoms with Gasteiger partial charge in [-0.3, -0.25) is 29.2 Å². The fourth-order valence-corrected chi connectivity index (χ4v) is 11.8. The summed E-state index contributed by atoms with van der Waals surface area (Å²) in [6.45, 7) is 11.8. The molecule has 0 unspecified atom stereocenters. The van der Waals surface area contributed by atoms with Crippen molar-refractivity contribution >= 4 is 56.7 Å². The number of nitrogens with zero attached hydrogens (tertiary/aromatic N) is 5. The highest BCUT2D eigenvalue weighted by Gasteiger charge is 2.45. The summed E-state index contributed by atoms with van der Waals surface area (Å²) in [5, 5.41) is 19.1. The summed E-state index contributed by atoms with van der Waals surface area (Å²) >= 11 is 0. The molecule has 0 spiro atoms. The minimum absolute atomic E-state index is 0.0376. The molecule has 6 heterocycles. The van der Waals surface area contributed by atoms with E-state index < -0.39 is 17.4 Å². The van der Waals surface area contributed by atoms with Crippen molar-refractivity contribution in [3.05, 3.63) is 101 Å². The van der Waals surface area contributed by atoms with Crippen molar-refractivity contribution in [2.24, 2.45) is 24.8 Å². The van der Waals surface area contributed by atoms with Crippen LogP contribution in [0.15, 0.2) is 72.8 Å². The molecular weight excluding hydrogens is 913 g/mol. The summed E-state index contributed by atoms with van der Waals surface area (Å²) in [6, 6.07) is 22.4. The van der Waals surface area contributed by atoms with Crippen LogP contribution in [0, 0.1) is 36.5 Å². The Morgan fingerprint density at radius 1 is 0.889 bits per heavy atom. The molecule has 0 aliphatic carbocycles. The molecule has 3 atom stereocenters. The number of piperidine rings is 4. The topological polar surface area (TPSA) is 144 Å². The minimum atomic E-state index is -2.87. The molecule has 15 heteroatoms. The molecule has 5 saturated heterocycles. The first-order valence-electron chi connectivity index (χ1n) is 26.0. The van der Waals surface area contributed by atoms with E-state index in [0.29, 0.717) is 47.5 Å². The van der Waals surface area contributed by atoms with E-state index in [4.69, 9.17) is 5.10 Å². The van der Waals surface area contributed by atoms with Gasteiger partial charge in [0.05, 0.1) is 29.2 Å². The van der Waals surface area contributed by atoms with Crippen LogP contribution in [0.5, 0.6) is 0 Å². The molecule has 4 aromatic carbocycles. The lowest BCUT2D eigenvalue weighted by molar-refractivity contribution is -0.138. The van der Waals surface area contributed by atoms with Crippen molar-refractivity contribution in [1.29, 1.82) is 0 Å². The monoisotopic (exact) mass is 980 g/mol. The van der Waals surface area contributed by atoms with Crippen molar-refractivity contribution in [3.63, 3.8) is 0 Å². The van der Waals surface area contributed by atoms with Crippen molar-refractivity contribution in [1.82, 2.24) is 35.5 Å². The van der Waals surface area contributed by atoms with Crippen molar-refractivity contribution in [2.75, 3.05) is 69.1 Å². The number of alkyl halides is 2. The second kappa shape index (κ2) is 20.3.